The molecule has 2 heterocycles. The van der Waals surface area contributed by atoms with Gasteiger partial charge in [-0.15, -0.1) is 0 Å². The van der Waals surface area contributed by atoms with Crippen molar-refractivity contribution in [2.75, 3.05) is 19.6 Å². The van der Waals surface area contributed by atoms with Crippen LogP contribution in [0.5, 0.6) is 0 Å². The average Bonchev–Trinajstić information content (AvgIpc) is 3.23. The fourth-order valence-electron chi connectivity index (χ4n) is 3.99. The minimum absolute atomic E-state index is 0.0596. The third-order valence-corrected chi connectivity index (χ3v) is 6.21. The summed E-state index contributed by atoms with van der Waals surface area (Å²) in [6.07, 6.45) is 2.56. The van der Waals surface area contributed by atoms with Crippen LogP contribution in [-0.2, 0) is 22.6 Å². The molecule has 1 spiro atoms. The zero-order valence-corrected chi connectivity index (χ0v) is 18.6. The molecule has 32 heavy (non-hydrogen) atoms. The quantitative estimate of drug-likeness (QED) is 0.700. The van der Waals surface area contributed by atoms with Gasteiger partial charge in [-0.1, -0.05) is 59.2 Å². The van der Waals surface area contributed by atoms with Gasteiger partial charge in [-0.25, -0.2) is 4.79 Å². The van der Waals surface area contributed by atoms with Crippen LogP contribution >= 0.6 is 11.6 Å². The van der Waals surface area contributed by atoms with Crippen LogP contribution in [0.15, 0.2) is 59.8 Å². The van der Waals surface area contributed by atoms with E-state index in [0.29, 0.717) is 56.2 Å². The highest BCUT2D eigenvalue weighted by Crippen LogP contribution is 2.34. The lowest BCUT2D eigenvalue weighted by molar-refractivity contribution is -0.115. The molecule has 2 aromatic rings. The van der Waals surface area contributed by atoms with Gasteiger partial charge in [0.25, 0.3) is 5.91 Å². The first-order valence-corrected chi connectivity index (χ1v) is 11.3. The molecule has 0 unspecified atom stereocenters. The summed E-state index contributed by atoms with van der Waals surface area (Å²) < 4.78 is 0. The molecule has 2 aromatic carbocycles. The van der Waals surface area contributed by atoms with Gasteiger partial charge >= 0.3 is 6.03 Å². The number of benzene rings is 2. The molecule has 0 aliphatic carbocycles. The molecule has 1 saturated heterocycles. The summed E-state index contributed by atoms with van der Waals surface area (Å²) in [7, 11) is 0. The topological polar surface area (TPSA) is 83.0 Å². The lowest BCUT2D eigenvalue weighted by atomic mass is 9.87. The summed E-state index contributed by atoms with van der Waals surface area (Å²) in [4.78, 5) is 32.5. The summed E-state index contributed by atoms with van der Waals surface area (Å²) in [6.45, 7) is 2.15. The minimum Gasteiger partial charge on any atom is -0.388 e. The van der Waals surface area contributed by atoms with E-state index in [0.717, 1.165) is 12.0 Å². The minimum atomic E-state index is -0.492. The monoisotopic (exact) mass is 454 g/mol. The van der Waals surface area contributed by atoms with Crippen molar-refractivity contribution in [3.8, 4) is 0 Å². The molecule has 2 aliphatic rings. The Labute approximate surface area is 192 Å². The number of amides is 3. The number of urea groups is 1. The van der Waals surface area contributed by atoms with E-state index in [1.807, 2.05) is 30.3 Å². The molecule has 7 nitrogen and oxygen atoms in total. The second kappa shape index (κ2) is 10.0. The highest BCUT2D eigenvalue weighted by Gasteiger charge is 2.44. The van der Waals surface area contributed by atoms with Gasteiger partial charge in [0, 0.05) is 50.5 Å². The smallest absolute Gasteiger partial charge is 0.317 e. The summed E-state index contributed by atoms with van der Waals surface area (Å²) in [5.74, 6) is -0.224. The van der Waals surface area contributed by atoms with Crippen LogP contribution in [0, 0.1) is 0 Å². The summed E-state index contributed by atoms with van der Waals surface area (Å²) in [5.41, 5.74) is 2.07. The number of nitrogens with zero attached hydrogens (tertiary/aromatic N) is 2. The van der Waals surface area contributed by atoms with Crippen molar-refractivity contribution in [2.45, 2.75) is 37.8 Å². The molecule has 0 aromatic heterocycles. The molecule has 1 fully saturated rings. The van der Waals surface area contributed by atoms with E-state index in [2.05, 4.69) is 27.9 Å². The average molecular weight is 455 g/mol. The summed E-state index contributed by atoms with van der Waals surface area (Å²) in [6, 6.07) is 17.4. The Kier molecular flexibility index (Phi) is 6.95. The predicted molar refractivity (Wildman–Crippen MR) is 124 cm³/mol. The second-order valence-electron chi connectivity index (χ2n) is 8.25. The lowest BCUT2D eigenvalue weighted by Gasteiger charge is -2.37. The lowest BCUT2D eigenvalue weighted by Crippen LogP contribution is -2.50. The Morgan fingerprint density at radius 2 is 1.72 bits per heavy atom. The SMILES string of the molecule is O=C(NCc1ccc(Cl)cc1)C1=NOC2(CCN(C(=O)NCCc3ccccc3)CC2)C1. The van der Waals surface area contributed by atoms with Gasteiger partial charge in [-0.05, 0) is 29.7 Å². The van der Waals surface area contributed by atoms with E-state index >= 15 is 0 Å². The maximum Gasteiger partial charge on any atom is 0.317 e. The maximum absolute atomic E-state index is 12.5. The largest absolute Gasteiger partial charge is 0.388 e. The van der Waals surface area contributed by atoms with E-state index in [1.54, 1.807) is 17.0 Å². The van der Waals surface area contributed by atoms with E-state index < -0.39 is 5.60 Å². The third kappa shape index (κ3) is 5.59. The number of carbonyl (C=O) groups excluding carboxylic acids is 2. The molecule has 0 atom stereocenters. The van der Waals surface area contributed by atoms with Gasteiger partial charge in [0.05, 0.1) is 0 Å². The number of oxime groups is 1. The van der Waals surface area contributed by atoms with Gasteiger partial charge in [0.2, 0.25) is 0 Å². The molecular weight excluding hydrogens is 428 g/mol. The van der Waals surface area contributed by atoms with E-state index in [9.17, 15) is 9.59 Å². The highest BCUT2D eigenvalue weighted by atomic mass is 35.5. The van der Waals surface area contributed by atoms with Crippen LogP contribution in [-0.4, -0.2) is 47.8 Å². The van der Waals surface area contributed by atoms with Gasteiger partial charge in [-0.2, -0.15) is 0 Å². The fourth-order valence-corrected chi connectivity index (χ4v) is 4.11. The van der Waals surface area contributed by atoms with Crippen molar-refractivity contribution >= 4 is 29.3 Å². The van der Waals surface area contributed by atoms with Crippen molar-refractivity contribution in [3.63, 3.8) is 0 Å². The van der Waals surface area contributed by atoms with Crippen LogP contribution in [0.25, 0.3) is 0 Å². The van der Waals surface area contributed by atoms with Crippen molar-refractivity contribution < 1.29 is 14.4 Å². The first kappa shape index (κ1) is 22.1. The Bertz CT molecular complexity index is 970. The van der Waals surface area contributed by atoms with Crippen LogP contribution in [0.4, 0.5) is 4.79 Å². The molecule has 0 radical (unpaired) electrons. The summed E-state index contributed by atoms with van der Waals surface area (Å²) >= 11 is 5.89. The number of piperidine rings is 1. The van der Waals surface area contributed by atoms with Crippen LogP contribution in [0.2, 0.25) is 5.02 Å². The fraction of sp³-hybridized carbons (Fsp3) is 0.375. The molecule has 2 N–H and O–H groups in total. The normalized spacial score (nSPS) is 16.9. The number of halogens is 1. The maximum atomic E-state index is 12.5. The number of rotatable bonds is 6. The molecule has 4 rings (SSSR count). The molecule has 3 amide bonds. The van der Waals surface area contributed by atoms with Crippen LogP contribution in [0.3, 0.4) is 0 Å². The molecule has 168 valence electrons. The van der Waals surface area contributed by atoms with E-state index in [1.165, 1.54) is 5.56 Å². The van der Waals surface area contributed by atoms with E-state index in [-0.39, 0.29) is 11.9 Å². The molecule has 0 saturated carbocycles. The van der Waals surface area contributed by atoms with Gasteiger partial charge in [-0.3, -0.25) is 4.79 Å². The molecule has 8 heteroatoms. The standard InChI is InChI=1S/C24H27ClN4O3/c25-20-8-6-19(7-9-20)17-27-22(30)21-16-24(32-28-21)11-14-29(15-12-24)23(31)26-13-10-18-4-2-1-3-5-18/h1-9H,10-17H2,(H,26,31)(H,27,30). The van der Waals surface area contributed by atoms with Crippen LogP contribution in [0.1, 0.15) is 30.4 Å². The first-order chi connectivity index (χ1) is 15.5. The number of hydrogen-bond acceptors (Lipinski definition) is 4. The second-order valence-corrected chi connectivity index (χ2v) is 8.69. The molecule has 0 bridgehead atoms. The number of hydrogen-bond donors (Lipinski definition) is 2. The zero-order chi connectivity index (χ0) is 22.4. The van der Waals surface area contributed by atoms with E-state index in [4.69, 9.17) is 16.4 Å². The molecular formula is C24H27ClN4O3. The first-order valence-electron chi connectivity index (χ1n) is 10.9. The Hall–Kier alpha value is -3.06. The zero-order valence-electron chi connectivity index (χ0n) is 17.9. The van der Waals surface area contributed by atoms with Crippen molar-refractivity contribution in [1.29, 1.82) is 0 Å². The third-order valence-electron chi connectivity index (χ3n) is 5.96. The molecule has 2 aliphatic heterocycles. The van der Waals surface area contributed by atoms with Gasteiger partial charge < -0.3 is 20.4 Å². The Morgan fingerprint density at radius 1 is 1.00 bits per heavy atom. The Balaban J connectivity index is 1.19. The van der Waals surface area contributed by atoms with Gasteiger partial charge in [0.1, 0.15) is 11.3 Å². The van der Waals surface area contributed by atoms with Gasteiger partial charge in [0.15, 0.2) is 0 Å². The Morgan fingerprint density at radius 3 is 2.44 bits per heavy atom. The van der Waals surface area contributed by atoms with Crippen LogP contribution < -0.4 is 10.6 Å². The number of carbonyl (C=O) groups is 2. The summed E-state index contributed by atoms with van der Waals surface area (Å²) in [5, 5.41) is 10.6. The van der Waals surface area contributed by atoms with Crippen molar-refractivity contribution in [2.24, 2.45) is 5.16 Å². The predicted octanol–water partition coefficient (Wildman–Crippen LogP) is 3.52. The van der Waals surface area contributed by atoms with Crippen molar-refractivity contribution in [3.05, 3.63) is 70.7 Å². The highest BCUT2D eigenvalue weighted by molar-refractivity contribution is 6.39. The van der Waals surface area contributed by atoms with Crippen molar-refractivity contribution in [1.82, 2.24) is 15.5 Å². The number of nitrogens with one attached hydrogen (secondary N) is 2. The number of likely N-dealkylation sites (tertiary alicyclic amines) is 1.